The first-order chi connectivity index (χ1) is 9.04. The van der Waals surface area contributed by atoms with E-state index in [0.717, 1.165) is 27.6 Å². The van der Waals surface area contributed by atoms with Gasteiger partial charge in [0.1, 0.15) is 0 Å². The number of aliphatic carboxylic acids is 1. The van der Waals surface area contributed by atoms with Gasteiger partial charge < -0.3 is 14.8 Å². The lowest BCUT2D eigenvalue weighted by molar-refractivity contribution is -0.136. The maximum Gasteiger partial charge on any atom is 0.307 e. The molecule has 4 heteroatoms. The van der Waals surface area contributed by atoms with Crippen LogP contribution in [-0.2, 0) is 17.8 Å². The van der Waals surface area contributed by atoms with Crippen molar-refractivity contribution in [1.82, 2.24) is 4.57 Å². The number of aryl methyl sites for hydroxylation is 3. The Kier molecular flexibility index (Phi) is 3.90. The van der Waals surface area contributed by atoms with Gasteiger partial charge >= 0.3 is 5.97 Å². The number of hydrogen-bond donors (Lipinski definition) is 2. The largest absolute Gasteiger partial charge is 0.481 e. The maximum absolute atomic E-state index is 11.0. The lowest BCUT2D eigenvalue weighted by Crippen LogP contribution is -2.00. The van der Waals surface area contributed by atoms with Crippen molar-refractivity contribution in [2.75, 3.05) is 6.61 Å². The normalized spacial score (nSPS) is 11.1. The molecule has 0 saturated heterocycles. The van der Waals surface area contributed by atoms with Gasteiger partial charge in [0, 0.05) is 24.7 Å². The number of hydrogen-bond acceptors (Lipinski definition) is 2. The van der Waals surface area contributed by atoms with E-state index in [1.54, 1.807) is 0 Å². The summed E-state index contributed by atoms with van der Waals surface area (Å²) in [7, 11) is 0. The second-order valence-corrected chi connectivity index (χ2v) is 4.92. The molecular formula is C15H19NO3. The maximum atomic E-state index is 11.0. The zero-order chi connectivity index (χ0) is 14.0. The van der Waals surface area contributed by atoms with Crippen molar-refractivity contribution in [1.29, 1.82) is 0 Å². The summed E-state index contributed by atoms with van der Waals surface area (Å²) in [6, 6.07) is 4.08. The number of rotatable bonds is 5. The van der Waals surface area contributed by atoms with Crippen LogP contribution >= 0.6 is 0 Å². The van der Waals surface area contributed by atoms with E-state index in [1.807, 2.05) is 26.1 Å². The third-order valence-corrected chi connectivity index (χ3v) is 3.41. The fourth-order valence-corrected chi connectivity index (χ4v) is 2.60. The Bertz CT molecular complexity index is 613. The van der Waals surface area contributed by atoms with Gasteiger partial charge in [0.05, 0.1) is 11.9 Å². The van der Waals surface area contributed by atoms with Gasteiger partial charge in [0.15, 0.2) is 0 Å². The zero-order valence-electron chi connectivity index (χ0n) is 11.3. The molecule has 0 unspecified atom stereocenters. The number of nitrogens with zero attached hydrogens (tertiary/aromatic N) is 1. The highest BCUT2D eigenvalue weighted by atomic mass is 16.4. The van der Waals surface area contributed by atoms with E-state index in [4.69, 9.17) is 10.2 Å². The number of carboxylic acid groups (broad SMARTS) is 1. The van der Waals surface area contributed by atoms with Gasteiger partial charge in [-0.05, 0) is 37.0 Å². The average Bonchev–Trinajstić information content (AvgIpc) is 2.70. The summed E-state index contributed by atoms with van der Waals surface area (Å²) in [5.74, 6) is -0.817. The van der Waals surface area contributed by atoms with Crippen molar-refractivity contribution in [3.05, 3.63) is 35.0 Å². The summed E-state index contributed by atoms with van der Waals surface area (Å²) >= 11 is 0. The van der Waals surface area contributed by atoms with Crippen LogP contribution < -0.4 is 0 Å². The molecule has 0 fully saturated rings. The molecule has 0 aliphatic rings. The van der Waals surface area contributed by atoms with Crippen LogP contribution in [0.15, 0.2) is 18.3 Å². The lowest BCUT2D eigenvalue weighted by atomic mass is 10.0. The minimum absolute atomic E-state index is 0.0346. The van der Waals surface area contributed by atoms with Gasteiger partial charge in [-0.1, -0.05) is 12.1 Å². The van der Waals surface area contributed by atoms with E-state index >= 15 is 0 Å². The van der Waals surface area contributed by atoms with E-state index < -0.39 is 5.97 Å². The molecule has 0 aliphatic carbocycles. The summed E-state index contributed by atoms with van der Waals surface area (Å²) in [6.45, 7) is 4.88. The number of fused-ring (bicyclic) bond motifs is 1. The molecule has 2 aromatic rings. The Labute approximate surface area is 112 Å². The van der Waals surface area contributed by atoms with Gasteiger partial charge in [-0.2, -0.15) is 0 Å². The van der Waals surface area contributed by atoms with Crippen LogP contribution in [0.3, 0.4) is 0 Å². The van der Waals surface area contributed by atoms with Gasteiger partial charge in [-0.3, -0.25) is 4.79 Å². The number of benzene rings is 1. The van der Waals surface area contributed by atoms with Crippen LogP contribution in [0.2, 0.25) is 0 Å². The molecule has 1 aromatic heterocycles. The Balaban J connectivity index is 2.62. The monoisotopic (exact) mass is 261 g/mol. The summed E-state index contributed by atoms with van der Waals surface area (Å²) in [6.07, 6.45) is 2.62. The van der Waals surface area contributed by atoms with E-state index in [-0.39, 0.29) is 13.0 Å². The summed E-state index contributed by atoms with van der Waals surface area (Å²) in [4.78, 5) is 11.0. The molecule has 102 valence electrons. The second kappa shape index (κ2) is 5.45. The van der Waals surface area contributed by atoms with Crippen molar-refractivity contribution < 1.29 is 15.0 Å². The van der Waals surface area contributed by atoms with Crippen molar-refractivity contribution in [3.8, 4) is 0 Å². The Morgan fingerprint density at radius 2 is 1.95 bits per heavy atom. The Hall–Kier alpha value is -1.81. The van der Waals surface area contributed by atoms with Gasteiger partial charge in [0.2, 0.25) is 0 Å². The number of aliphatic hydroxyl groups excluding tert-OH is 1. The van der Waals surface area contributed by atoms with Crippen LogP contribution in [0.4, 0.5) is 0 Å². The third-order valence-electron chi connectivity index (χ3n) is 3.41. The molecule has 0 saturated carbocycles. The summed E-state index contributed by atoms with van der Waals surface area (Å²) in [5.41, 5.74) is 4.17. The minimum atomic E-state index is -0.817. The molecule has 0 radical (unpaired) electrons. The standard InChI is InChI=1S/C15H19NO3/c1-10-4-5-11(2)15-14(10)12(8-13(18)19)9-16(15)6-3-7-17/h4-5,9,17H,3,6-8H2,1-2H3,(H,18,19). The molecular weight excluding hydrogens is 242 g/mol. The average molecular weight is 261 g/mol. The molecule has 1 aromatic carbocycles. The van der Waals surface area contributed by atoms with Crippen LogP contribution in [0, 0.1) is 13.8 Å². The van der Waals surface area contributed by atoms with E-state index in [1.165, 1.54) is 0 Å². The number of carbonyl (C=O) groups is 1. The molecule has 2 N–H and O–H groups in total. The van der Waals surface area contributed by atoms with Crippen LogP contribution in [0.1, 0.15) is 23.1 Å². The fourth-order valence-electron chi connectivity index (χ4n) is 2.60. The van der Waals surface area contributed by atoms with Crippen molar-refractivity contribution in [2.45, 2.75) is 33.2 Å². The quantitative estimate of drug-likeness (QED) is 0.868. The van der Waals surface area contributed by atoms with Crippen molar-refractivity contribution in [3.63, 3.8) is 0 Å². The molecule has 2 rings (SSSR count). The topological polar surface area (TPSA) is 62.5 Å². The Morgan fingerprint density at radius 1 is 1.26 bits per heavy atom. The predicted octanol–water partition coefficient (Wildman–Crippen LogP) is 2.27. The SMILES string of the molecule is Cc1ccc(C)c2c1c(CC(=O)O)cn2CCCO. The van der Waals surface area contributed by atoms with Crippen molar-refractivity contribution >= 4 is 16.9 Å². The predicted molar refractivity (Wildman–Crippen MR) is 74.5 cm³/mol. The molecule has 0 bridgehead atoms. The fraction of sp³-hybridized carbons (Fsp3) is 0.400. The third kappa shape index (κ3) is 2.63. The first-order valence-corrected chi connectivity index (χ1v) is 6.45. The highest BCUT2D eigenvalue weighted by Crippen LogP contribution is 2.28. The molecule has 0 atom stereocenters. The highest BCUT2D eigenvalue weighted by molar-refractivity contribution is 5.92. The second-order valence-electron chi connectivity index (χ2n) is 4.92. The molecule has 4 nitrogen and oxygen atoms in total. The van der Waals surface area contributed by atoms with Gasteiger partial charge in [-0.25, -0.2) is 0 Å². The number of aromatic nitrogens is 1. The summed E-state index contributed by atoms with van der Waals surface area (Å²) in [5, 5.41) is 19.0. The van der Waals surface area contributed by atoms with Crippen LogP contribution in [-0.4, -0.2) is 27.4 Å². The summed E-state index contributed by atoms with van der Waals surface area (Å²) < 4.78 is 2.06. The lowest BCUT2D eigenvalue weighted by Gasteiger charge is -2.07. The Morgan fingerprint density at radius 3 is 2.58 bits per heavy atom. The highest BCUT2D eigenvalue weighted by Gasteiger charge is 2.14. The smallest absolute Gasteiger partial charge is 0.307 e. The first-order valence-electron chi connectivity index (χ1n) is 6.45. The van der Waals surface area contributed by atoms with Crippen LogP contribution in [0.5, 0.6) is 0 Å². The molecule has 19 heavy (non-hydrogen) atoms. The van der Waals surface area contributed by atoms with E-state index in [9.17, 15) is 4.79 Å². The van der Waals surface area contributed by atoms with Gasteiger partial charge in [-0.15, -0.1) is 0 Å². The first kappa shape index (κ1) is 13.6. The number of aliphatic hydroxyl groups is 1. The number of carboxylic acids is 1. The molecule has 0 amide bonds. The molecule has 1 heterocycles. The van der Waals surface area contributed by atoms with Crippen molar-refractivity contribution in [2.24, 2.45) is 0 Å². The van der Waals surface area contributed by atoms with E-state index in [2.05, 4.69) is 10.6 Å². The van der Waals surface area contributed by atoms with Gasteiger partial charge in [0.25, 0.3) is 0 Å². The van der Waals surface area contributed by atoms with E-state index in [0.29, 0.717) is 13.0 Å². The molecule has 0 aliphatic heterocycles. The van der Waals surface area contributed by atoms with Crippen LogP contribution in [0.25, 0.3) is 10.9 Å². The minimum Gasteiger partial charge on any atom is -0.481 e. The zero-order valence-corrected chi connectivity index (χ0v) is 11.3. The molecule has 0 spiro atoms.